The first-order chi connectivity index (χ1) is 29.2. The summed E-state index contributed by atoms with van der Waals surface area (Å²) in [5.74, 6) is 5.04. The average Bonchev–Trinajstić information content (AvgIpc) is 3.83. The van der Waals surface area contributed by atoms with Gasteiger partial charge in [0.25, 0.3) is 11.8 Å². The molecule has 2 saturated heterocycles. The highest BCUT2D eigenvalue weighted by atomic mass is 16.2. The molecule has 60 heavy (non-hydrogen) atoms. The van der Waals surface area contributed by atoms with Gasteiger partial charge in [-0.3, -0.25) is 34.2 Å². The van der Waals surface area contributed by atoms with E-state index in [9.17, 15) is 24.0 Å². The van der Waals surface area contributed by atoms with Gasteiger partial charge in [-0.05, 0) is 104 Å². The Hall–Kier alpha value is -6.69. The number of imidazole rings is 1. The van der Waals surface area contributed by atoms with Crippen LogP contribution >= 0.6 is 0 Å². The standard InChI is InChI=1S/C46H45N9O5/c1-29-10-13-33(26-30(29)11-14-34-27-47-41-9-4-19-48-55(34)41)49-44(58)32-12-15-35-31(25-32)5-2-8-39(35)53-23-21-52(22-24-53)20-18-43(57)50-38-7-3-6-36-37(38)28-54(46(36)60)40-16-17-42(56)51-45(40)59/h3-4,6-7,9-10,12-13,15,19,25-27,39-40H,2,5,8,16-18,20-24,28H2,1H3,(H,49,58)(H,50,57)(H,51,56,59). The monoisotopic (exact) mass is 803 g/mol. The lowest BCUT2D eigenvalue weighted by Gasteiger charge is -2.41. The molecule has 0 spiro atoms. The number of anilines is 2. The Kier molecular flexibility index (Phi) is 10.7. The van der Waals surface area contributed by atoms with Crippen LogP contribution in [0.5, 0.6) is 0 Å². The number of aryl methyl sites for hydroxylation is 2. The number of nitrogens with zero attached hydrogens (tertiary/aromatic N) is 6. The molecule has 304 valence electrons. The molecule has 3 N–H and O–H groups in total. The first kappa shape index (κ1) is 38.8. The van der Waals surface area contributed by atoms with E-state index in [0.717, 1.165) is 62.2 Å². The van der Waals surface area contributed by atoms with Gasteiger partial charge in [-0.1, -0.05) is 24.1 Å². The second kappa shape index (κ2) is 16.5. The van der Waals surface area contributed by atoms with E-state index in [-0.39, 0.29) is 49.1 Å². The number of piperidine rings is 1. The smallest absolute Gasteiger partial charge is 0.255 e. The second-order valence-electron chi connectivity index (χ2n) is 15.9. The Labute approximate surface area is 347 Å². The van der Waals surface area contributed by atoms with Gasteiger partial charge in [-0.15, -0.1) is 0 Å². The fourth-order valence-corrected chi connectivity index (χ4v) is 8.87. The summed E-state index contributed by atoms with van der Waals surface area (Å²) in [6, 6.07) is 20.4. The topological polar surface area (TPSA) is 161 Å². The van der Waals surface area contributed by atoms with Gasteiger partial charge in [0.2, 0.25) is 17.7 Å². The molecular weight excluding hydrogens is 759 g/mol. The van der Waals surface area contributed by atoms with Gasteiger partial charge in [0.05, 0.1) is 6.20 Å². The van der Waals surface area contributed by atoms with Gasteiger partial charge in [0.1, 0.15) is 11.7 Å². The zero-order chi connectivity index (χ0) is 41.3. The molecule has 3 aliphatic heterocycles. The third kappa shape index (κ3) is 7.89. The predicted octanol–water partition coefficient (Wildman–Crippen LogP) is 4.47. The van der Waals surface area contributed by atoms with Crippen molar-refractivity contribution in [3.63, 3.8) is 0 Å². The van der Waals surface area contributed by atoms with Crippen LogP contribution in [-0.2, 0) is 27.3 Å². The Bertz CT molecular complexity index is 2620. The van der Waals surface area contributed by atoms with E-state index in [0.29, 0.717) is 46.7 Å². The summed E-state index contributed by atoms with van der Waals surface area (Å²) in [7, 11) is 0. The number of hydrogen-bond acceptors (Lipinski definition) is 9. The van der Waals surface area contributed by atoms with Crippen molar-refractivity contribution >= 4 is 46.6 Å². The van der Waals surface area contributed by atoms with E-state index < -0.39 is 11.9 Å². The molecule has 5 heterocycles. The van der Waals surface area contributed by atoms with Crippen LogP contribution in [0.2, 0.25) is 0 Å². The van der Waals surface area contributed by atoms with Crippen LogP contribution in [0, 0.1) is 18.8 Å². The molecule has 3 aromatic carbocycles. The van der Waals surface area contributed by atoms with E-state index in [4.69, 9.17) is 0 Å². The molecule has 2 fully saturated rings. The molecule has 14 nitrogen and oxygen atoms in total. The molecule has 5 aromatic rings. The van der Waals surface area contributed by atoms with Crippen LogP contribution < -0.4 is 16.0 Å². The Morgan fingerprint density at radius 2 is 1.77 bits per heavy atom. The predicted molar refractivity (Wildman–Crippen MR) is 224 cm³/mol. The van der Waals surface area contributed by atoms with Crippen LogP contribution in [0.4, 0.5) is 11.4 Å². The SMILES string of the molecule is Cc1ccc(NC(=O)c2ccc3c(c2)CCCC3N2CCN(CCC(=O)Nc3cccc4c3CN(C3CCC(=O)NC3=O)C4=O)CC2)cc1C#Cc1cnc2cccnn12. The lowest BCUT2D eigenvalue weighted by Crippen LogP contribution is -2.52. The summed E-state index contributed by atoms with van der Waals surface area (Å²) < 4.78 is 1.70. The first-order valence-corrected chi connectivity index (χ1v) is 20.6. The maximum absolute atomic E-state index is 13.5. The Balaban J connectivity index is 0.774. The van der Waals surface area contributed by atoms with Gasteiger partial charge in [0, 0.05) is 98.0 Å². The second-order valence-corrected chi connectivity index (χ2v) is 15.9. The third-order valence-electron chi connectivity index (χ3n) is 12.1. The van der Waals surface area contributed by atoms with Crippen molar-refractivity contribution in [2.24, 2.45) is 0 Å². The van der Waals surface area contributed by atoms with Crippen LogP contribution in [0.15, 0.2) is 79.1 Å². The molecule has 0 bridgehead atoms. The number of piperazine rings is 1. The summed E-state index contributed by atoms with van der Waals surface area (Å²) in [6.07, 6.45) is 7.21. The van der Waals surface area contributed by atoms with Crippen LogP contribution in [0.1, 0.15) is 92.4 Å². The molecule has 5 amide bonds. The zero-order valence-corrected chi connectivity index (χ0v) is 33.4. The van der Waals surface area contributed by atoms with E-state index >= 15 is 0 Å². The molecule has 4 aliphatic rings. The number of carbonyl (C=O) groups is 5. The fourth-order valence-electron chi connectivity index (χ4n) is 8.87. The lowest BCUT2D eigenvalue weighted by molar-refractivity contribution is -0.137. The first-order valence-electron chi connectivity index (χ1n) is 20.6. The number of fused-ring (bicyclic) bond motifs is 3. The minimum absolute atomic E-state index is 0.132. The number of hydrogen-bond donors (Lipinski definition) is 3. The number of rotatable bonds is 8. The molecule has 0 saturated carbocycles. The van der Waals surface area contributed by atoms with E-state index in [1.54, 1.807) is 35.1 Å². The molecule has 2 atom stereocenters. The third-order valence-corrected chi connectivity index (χ3v) is 12.1. The number of amides is 5. The molecule has 2 unspecified atom stereocenters. The Morgan fingerprint density at radius 1 is 0.900 bits per heavy atom. The number of imide groups is 1. The maximum atomic E-state index is 13.5. The Morgan fingerprint density at radius 3 is 2.62 bits per heavy atom. The van der Waals surface area contributed by atoms with Crippen molar-refractivity contribution in [2.75, 3.05) is 43.4 Å². The van der Waals surface area contributed by atoms with Crippen LogP contribution in [0.25, 0.3) is 5.65 Å². The maximum Gasteiger partial charge on any atom is 0.255 e. The largest absolute Gasteiger partial charge is 0.326 e. The highest BCUT2D eigenvalue weighted by molar-refractivity contribution is 6.07. The van der Waals surface area contributed by atoms with Crippen molar-refractivity contribution in [3.8, 4) is 11.8 Å². The summed E-state index contributed by atoms with van der Waals surface area (Å²) in [4.78, 5) is 74.8. The van der Waals surface area contributed by atoms with E-state index in [1.165, 1.54) is 16.0 Å². The van der Waals surface area contributed by atoms with Gasteiger partial charge < -0.3 is 20.4 Å². The average molecular weight is 804 g/mol. The highest BCUT2D eigenvalue weighted by Crippen LogP contribution is 2.36. The van der Waals surface area contributed by atoms with Crippen LogP contribution in [-0.4, -0.2) is 97.6 Å². The minimum atomic E-state index is -0.711. The number of carbonyl (C=O) groups excluding carboxylic acids is 5. The summed E-state index contributed by atoms with van der Waals surface area (Å²) >= 11 is 0. The number of benzene rings is 3. The van der Waals surface area contributed by atoms with Crippen molar-refractivity contribution in [3.05, 3.63) is 124 Å². The van der Waals surface area contributed by atoms with Crippen LogP contribution in [0.3, 0.4) is 0 Å². The zero-order valence-electron chi connectivity index (χ0n) is 33.4. The molecule has 14 heteroatoms. The van der Waals surface area contributed by atoms with Crippen molar-refractivity contribution in [1.29, 1.82) is 0 Å². The van der Waals surface area contributed by atoms with Crippen molar-refractivity contribution in [1.82, 2.24) is 34.6 Å². The molecule has 1 aliphatic carbocycles. The van der Waals surface area contributed by atoms with Gasteiger partial charge >= 0.3 is 0 Å². The molecule has 9 rings (SSSR count). The normalized spacial score (nSPS) is 19.3. The molecular formula is C46H45N9O5. The van der Waals surface area contributed by atoms with Gasteiger partial charge in [0.15, 0.2) is 5.65 Å². The van der Waals surface area contributed by atoms with Gasteiger partial charge in [-0.25, -0.2) is 9.50 Å². The summed E-state index contributed by atoms with van der Waals surface area (Å²) in [6.45, 7) is 6.25. The highest BCUT2D eigenvalue weighted by Gasteiger charge is 2.40. The molecule has 2 aromatic heterocycles. The van der Waals surface area contributed by atoms with Gasteiger partial charge in [-0.2, -0.15) is 5.10 Å². The van der Waals surface area contributed by atoms with E-state index in [2.05, 4.69) is 53.7 Å². The summed E-state index contributed by atoms with van der Waals surface area (Å²) in [5.41, 5.74) is 8.76. The van der Waals surface area contributed by atoms with E-state index in [1.807, 2.05) is 49.4 Å². The lowest BCUT2D eigenvalue weighted by atomic mass is 9.85. The summed E-state index contributed by atoms with van der Waals surface area (Å²) in [5, 5.41) is 12.8. The molecule has 0 radical (unpaired) electrons. The minimum Gasteiger partial charge on any atom is -0.326 e. The number of nitrogens with one attached hydrogen (secondary N) is 3. The van der Waals surface area contributed by atoms with Crippen molar-refractivity contribution < 1.29 is 24.0 Å². The fraction of sp³-hybridized carbons (Fsp3) is 0.326. The quantitative estimate of drug-likeness (QED) is 0.152. The van der Waals surface area contributed by atoms with Crippen molar-refractivity contribution in [2.45, 2.75) is 64.1 Å². The number of aromatic nitrogens is 3.